The van der Waals surface area contributed by atoms with E-state index in [2.05, 4.69) is 29.1 Å². The second kappa shape index (κ2) is 9.62. The molecule has 1 aromatic carbocycles. The Morgan fingerprint density at radius 3 is 2.85 bits per heavy atom. The fourth-order valence-electron chi connectivity index (χ4n) is 4.00. The molecule has 2 aliphatic heterocycles. The number of likely N-dealkylation sites (tertiary alicyclic amines) is 1. The Morgan fingerprint density at radius 2 is 2.11 bits per heavy atom. The highest BCUT2D eigenvalue weighted by molar-refractivity contribution is 6.34. The van der Waals surface area contributed by atoms with Crippen LogP contribution in [0.3, 0.4) is 0 Å². The minimum atomic E-state index is -0.0348. The number of carbonyl (C=O) groups excluding carboxylic acids is 1. The number of morpholine rings is 1. The van der Waals surface area contributed by atoms with Gasteiger partial charge >= 0.3 is 6.03 Å². The number of benzene rings is 1. The summed E-state index contributed by atoms with van der Waals surface area (Å²) < 4.78 is 5.44. The molecule has 2 amide bonds. The number of ether oxygens (including phenoxy) is 1. The lowest BCUT2D eigenvalue weighted by molar-refractivity contribution is 0.123. The Kier molecular flexibility index (Phi) is 7.21. The molecule has 0 unspecified atom stereocenters. The molecule has 3 rings (SSSR count). The summed E-state index contributed by atoms with van der Waals surface area (Å²) in [6.45, 7) is 8.89. The molecule has 6 nitrogen and oxygen atoms in total. The van der Waals surface area contributed by atoms with Gasteiger partial charge in [-0.15, -0.1) is 0 Å². The molecule has 2 aliphatic rings. The van der Waals surface area contributed by atoms with E-state index in [0.29, 0.717) is 24.2 Å². The molecule has 0 aliphatic carbocycles. The van der Waals surface area contributed by atoms with Gasteiger partial charge in [0, 0.05) is 32.7 Å². The van der Waals surface area contributed by atoms with Crippen LogP contribution in [0.15, 0.2) is 18.2 Å². The van der Waals surface area contributed by atoms with E-state index in [0.717, 1.165) is 63.5 Å². The van der Waals surface area contributed by atoms with Crippen LogP contribution in [-0.4, -0.2) is 75.4 Å². The maximum absolute atomic E-state index is 12.8. The molecule has 1 N–H and O–H groups in total. The fourth-order valence-corrected chi connectivity index (χ4v) is 4.29. The number of nitrogens with zero attached hydrogens (tertiary/aromatic N) is 3. The molecule has 0 radical (unpaired) electrons. The van der Waals surface area contributed by atoms with Crippen LogP contribution in [-0.2, 0) is 4.74 Å². The molecule has 7 heteroatoms. The molecule has 27 heavy (non-hydrogen) atoms. The van der Waals surface area contributed by atoms with Crippen molar-refractivity contribution in [2.24, 2.45) is 5.92 Å². The molecule has 1 aromatic rings. The van der Waals surface area contributed by atoms with E-state index in [-0.39, 0.29) is 6.03 Å². The molecule has 0 spiro atoms. The number of para-hydroxylation sites is 1. The molecule has 0 saturated carbocycles. The van der Waals surface area contributed by atoms with Crippen LogP contribution in [0.25, 0.3) is 0 Å². The maximum atomic E-state index is 12.8. The van der Waals surface area contributed by atoms with E-state index in [1.165, 1.54) is 0 Å². The van der Waals surface area contributed by atoms with Crippen molar-refractivity contribution in [2.45, 2.75) is 19.8 Å². The van der Waals surface area contributed by atoms with Gasteiger partial charge in [-0.1, -0.05) is 24.6 Å². The van der Waals surface area contributed by atoms with Crippen molar-refractivity contribution < 1.29 is 9.53 Å². The van der Waals surface area contributed by atoms with Crippen LogP contribution in [0.5, 0.6) is 0 Å². The average molecular weight is 395 g/mol. The maximum Gasteiger partial charge on any atom is 0.321 e. The zero-order valence-corrected chi connectivity index (χ0v) is 17.2. The fraction of sp³-hybridized carbons (Fsp3) is 0.650. The van der Waals surface area contributed by atoms with Crippen LogP contribution >= 0.6 is 11.6 Å². The highest BCUT2D eigenvalue weighted by atomic mass is 35.5. The minimum absolute atomic E-state index is 0.0348. The van der Waals surface area contributed by atoms with Crippen molar-refractivity contribution >= 4 is 29.0 Å². The molecule has 2 heterocycles. The third-order valence-electron chi connectivity index (χ3n) is 5.30. The predicted octanol–water partition coefficient (Wildman–Crippen LogP) is 3.37. The molecule has 0 aromatic heterocycles. The van der Waals surface area contributed by atoms with Gasteiger partial charge in [-0.3, -0.25) is 0 Å². The Bertz CT molecular complexity index is 636. The first-order valence-corrected chi connectivity index (χ1v) is 10.3. The number of anilines is 2. The number of hydrogen-bond donors (Lipinski definition) is 1. The lowest BCUT2D eigenvalue weighted by Gasteiger charge is -2.31. The van der Waals surface area contributed by atoms with Gasteiger partial charge in [-0.25, -0.2) is 4.79 Å². The lowest BCUT2D eigenvalue weighted by Crippen LogP contribution is -2.38. The summed E-state index contributed by atoms with van der Waals surface area (Å²) in [4.78, 5) is 19.3. The number of nitrogens with one attached hydrogen (secondary N) is 1. The molecule has 0 bridgehead atoms. The van der Waals surface area contributed by atoms with Gasteiger partial charge in [0.2, 0.25) is 0 Å². The number of carbonyl (C=O) groups is 1. The number of hydrogen-bond acceptors (Lipinski definition) is 4. The average Bonchev–Trinajstić information content (AvgIpc) is 3.11. The Morgan fingerprint density at radius 1 is 1.33 bits per heavy atom. The van der Waals surface area contributed by atoms with Crippen molar-refractivity contribution in [3.05, 3.63) is 23.2 Å². The first-order chi connectivity index (χ1) is 13.1. The van der Waals surface area contributed by atoms with Gasteiger partial charge in [0.05, 0.1) is 29.6 Å². The zero-order chi connectivity index (χ0) is 19.2. The first kappa shape index (κ1) is 20.2. The van der Waals surface area contributed by atoms with Gasteiger partial charge in [-0.05, 0) is 44.5 Å². The van der Waals surface area contributed by atoms with Crippen LogP contribution in [0.1, 0.15) is 19.8 Å². The summed E-state index contributed by atoms with van der Waals surface area (Å²) in [7, 11) is 2.16. The number of halogens is 1. The summed E-state index contributed by atoms with van der Waals surface area (Å²) in [6, 6.07) is 5.65. The highest BCUT2D eigenvalue weighted by Crippen LogP contribution is 2.34. The van der Waals surface area contributed by atoms with Gasteiger partial charge in [-0.2, -0.15) is 0 Å². The quantitative estimate of drug-likeness (QED) is 0.803. The Labute approximate surface area is 167 Å². The summed E-state index contributed by atoms with van der Waals surface area (Å²) in [5.74, 6) is 0.547. The number of urea groups is 1. The lowest BCUT2D eigenvalue weighted by atomic mass is 10.1. The second-order valence-electron chi connectivity index (χ2n) is 7.53. The Balaban J connectivity index is 1.62. The van der Waals surface area contributed by atoms with Crippen LogP contribution < -0.4 is 10.2 Å². The molecular formula is C20H31ClN4O2. The summed E-state index contributed by atoms with van der Waals surface area (Å²) >= 11 is 6.46. The topological polar surface area (TPSA) is 48.0 Å². The van der Waals surface area contributed by atoms with E-state index >= 15 is 0 Å². The monoisotopic (exact) mass is 394 g/mol. The van der Waals surface area contributed by atoms with Gasteiger partial charge in [0.1, 0.15) is 0 Å². The summed E-state index contributed by atoms with van der Waals surface area (Å²) in [5.41, 5.74) is 1.68. The molecule has 150 valence electrons. The summed E-state index contributed by atoms with van der Waals surface area (Å²) in [6.07, 6.45) is 2.22. The van der Waals surface area contributed by atoms with Crippen LogP contribution in [0.2, 0.25) is 5.02 Å². The van der Waals surface area contributed by atoms with Crippen molar-refractivity contribution in [3.8, 4) is 0 Å². The molecule has 2 saturated heterocycles. The largest absolute Gasteiger partial charge is 0.378 e. The standard InChI is InChI=1S/C20H31ClN4O2/c1-3-8-23(2)14-16-7-9-25(15-16)20(26)22-18-6-4-5-17(21)19(18)24-10-12-27-13-11-24/h4-6,16H,3,7-15H2,1-2H3,(H,22,26)/t16-/m0/s1. The third kappa shape index (κ3) is 5.27. The van der Waals surface area contributed by atoms with Crippen LogP contribution in [0, 0.1) is 5.92 Å². The van der Waals surface area contributed by atoms with Crippen molar-refractivity contribution in [3.63, 3.8) is 0 Å². The zero-order valence-electron chi connectivity index (χ0n) is 16.4. The van der Waals surface area contributed by atoms with E-state index in [1.807, 2.05) is 23.1 Å². The molecular weight excluding hydrogens is 364 g/mol. The number of amides is 2. The first-order valence-electron chi connectivity index (χ1n) is 9.94. The molecule has 2 fully saturated rings. The van der Waals surface area contributed by atoms with Gasteiger partial charge in [0.15, 0.2) is 0 Å². The van der Waals surface area contributed by atoms with E-state index in [4.69, 9.17) is 16.3 Å². The van der Waals surface area contributed by atoms with E-state index in [1.54, 1.807) is 0 Å². The predicted molar refractivity (Wildman–Crippen MR) is 111 cm³/mol. The smallest absolute Gasteiger partial charge is 0.321 e. The molecule has 1 atom stereocenters. The Hall–Kier alpha value is -1.50. The van der Waals surface area contributed by atoms with Gasteiger partial charge < -0.3 is 24.8 Å². The van der Waals surface area contributed by atoms with Crippen molar-refractivity contribution in [2.75, 3.05) is 69.7 Å². The van der Waals surface area contributed by atoms with Crippen molar-refractivity contribution in [1.82, 2.24) is 9.80 Å². The van der Waals surface area contributed by atoms with Crippen molar-refractivity contribution in [1.29, 1.82) is 0 Å². The highest BCUT2D eigenvalue weighted by Gasteiger charge is 2.28. The van der Waals surface area contributed by atoms with E-state index < -0.39 is 0 Å². The van der Waals surface area contributed by atoms with Gasteiger partial charge in [0.25, 0.3) is 0 Å². The van der Waals surface area contributed by atoms with Crippen LogP contribution in [0.4, 0.5) is 16.2 Å². The number of rotatable bonds is 6. The van der Waals surface area contributed by atoms with E-state index in [9.17, 15) is 4.79 Å². The SMILES string of the molecule is CCCN(C)C[C@@H]1CCN(C(=O)Nc2cccc(Cl)c2N2CCOCC2)C1. The minimum Gasteiger partial charge on any atom is -0.378 e. The normalized spacial score (nSPS) is 20.4. The third-order valence-corrected chi connectivity index (χ3v) is 5.61. The second-order valence-corrected chi connectivity index (χ2v) is 7.94. The summed E-state index contributed by atoms with van der Waals surface area (Å²) in [5, 5.41) is 3.76.